The molecule has 0 aliphatic rings. The lowest BCUT2D eigenvalue weighted by Crippen LogP contribution is -2.35. The van der Waals surface area contributed by atoms with Crippen molar-refractivity contribution in [3.8, 4) is 0 Å². The summed E-state index contributed by atoms with van der Waals surface area (Å²) < 4.78 is 1.06. The second kappa shape index (κ2) is 7.69. The van der Waals surface area contributed by atoms with Crippen molar-refractivity contribution >= 4 is 21.6 Å². The Morgan fingerprint density at radius 3 is 2.35 bits per heavy atom. The Morgan fingerprint density at radius 2 is 1.82 bits per heavy atom. The summed E-state index contributed by atoms with van der Waals surface area (Å²) in [4.78, 5) is 2.22. The van der Waals surface area contributed by atoms with E-state index in [1.165, 1.54) is 0 Å². The third kappa shape index (κ3) is 5.52. The van der Waals surface area contributed by atoms with Crippen molar-refractivity contribution in [1.29, 1.82) is 0 Å². The van der Waals surface area contributed by atoms with Gasteiger partial charge in [0.1, 0.15) is 0 Å². The standard InChI is InChI=1S/C13H21BrN2O/c1-3-16(4-2)10-13(17)9-15-12-7-5-11(14)6-8-12/h5-8,13,15,17H,3-4,9-10H2,1-2H3. The molecule has 3 nitrogen and oxygen atoms in total. The molecule has 1 atom stereocenters. The largest absolute Gasteiger partial charge is 0.390 e. The molecule has 17 heavy (non-hydrogen) atoms. The number of hydrogen-bond acceptors (Lipinski definition) is 3. The second-order valence-corrected chi connectivity index (χ2v) is 4.94. The van der Waals surface area contributed by atoms with Crippen molar-refractivity contribution in [3.63, 3.8) is 0 Å². The molecular weight excluding hydrogens is 280 g/mol. The first-order chi connectivity index (χ1) is 8.15. The van der Waals surface area contributed by atoms with Gasteiger partial charge in [0, 0.05) is 23.2 Å². The van der Waals surface area contributed by atoms with Gasteiger partial charge >= 0.3 is 0 Å². The zero-order valence-corrected chi connectivity index (χ0v) is 12.1. The number of aliphatic hydroxyl groups excluding tert-OH is 1. The van der Waals surface area contributed by atoms with Gasteiger partial charge in [-0.15, -0.1) is 0 Å². The van der Waals surface area contributed by atoms with Gasteiger partial charge in [-0.25, -0.2) is 0 Å². The fourth-order valence-corrected chi connectivity index (χ4v) is 1.91. The Balaban J connectivity index is 2.32. The quantitative estimate of drug-likeness (QED) is 0.812. The van der Waals surface area contributed by atoms with Crippen LogP contribution in [0.2, 0.25) is 0 Å². The molecule has 0 heterocycles. The van der Waals surface area contributed by atoms with Gasteiger partial charge in [-0.2, -0.15) is 0 Å². The molecule has 1 rings (SSSR count). The van der Waals surface area contributed by atoms with E-state index in [0.717, 1.165) is 29.8 Å². The van der Waals surface area contributed by atoms with Crippen LogP contribution in [-0.2, 0) is 0 Å². The summed E-state index contributed by atoms with van der Waals surface area (Å²) in [5, 5.41) is 13.1. The zero-order chi connectivity index (χ0) is 12.7. The number of halogens is 1. The van der Waals surface area contributed by atoms with Gasteiger partial charge in [-0.05, 0) is 37.4 Å². The maximum atomic E-state index is 9.88. The summed E-state index contributed by atoms with van der Waals surface area (Å²) in [6.45, 7) is 7.48. The first-order valence-corrected chi connectivity index (χ1v) is 6.84. The Kier molecular flexibility index (Phi) is 6.55. The number of rotatable bonds is 7. The predicted octanol–water partition coefficient (Wildman–Crippen LogP) is 2.56. The van der Waals surface area contributed by atoms with Gasteiger partial charge < -0.3 is 15.3 Å². The molecule has 0 fully saturated rings. The number of benzene rings is 1. The van der Waals surface area contributed by atoms with Crippen molar-refractivity contribution in [3.05, 3.63) is 28.7 Å². The lowest BCUT2D eigenvalue weighted by molar-refractivity contribution is 0.128. The summed E-state index contributed by atoms with van der Waals surface area (Å²) in [5.74, 6) is 0. The van der Waals surface area contributed by atoms with Crippen molar-refractivity contribution in [2.24, 2.45) is 0 Å². The van der Waals surface area contributed by atoms with Crippen LogP contribution in [0.5, 0.6) is 0 Å². The minimum absolute atomic E-state index is 0.335. The average molecular weight is 301 g/mol. The summed E-state index contributed by atoms with van der Waals surface area (Å²) in [7, 11) is 0. The summed E-state index contributed by atoms with van der Waals surface area (Å²) in [5.41, 5.74) is 1.03. The van der Waals surface area contributed by atoms with E-state index >= 15 is 0 Å². The lowest BCUT2D eigenvalue weighted by atomic mass is 10.3. The van der Waals surface area contributed by atoms with Crippen LogP contribution < -0.4 is 5.32 Å². The van der Waals surface area contributed by atoms with Crippen LogP contribution in [-0.4, -0.2) is 42.3 Å². The molecule has 2 N–H and O–H groups in total. The van der Waals surface area contributed by atoms with Crippen molar-refractivity contribution in [2.45, 2.75) is 20.0 Å². The minimum Gasteiger partial charge on any atom is -0.390 e. The SMILES string of the molecule is CCN(CC)CC(O)CNc1ccc(Br)cc1. The number of nitrogens with zero attached hydrogens (tertiary/aromatic N) is 1. The fourth-order valence-electron chi connectivity index (χ4n) is 1.65. The van der Waals surface area contributed by atoms with Crippen molar-refractivity contribution < 1.29 is 5.11 Å². The number of nitrogens with one attached hydrogen (secondary N) is 1. The highest BCUT2D eigenvalue weighted by Crippen LogP contribution is 2.13. The molecular formula is C13H21BrN2O. The summed E-state index contributed by atoms with van der Waals surface area (Å²) >= 11 is 3.39. The van der Waals surface area contributed by atoms with E-state index in [1.807, 2.05) is 24.3 Å². The Bertz CT molecular complexity index is 312. The molecule has 4 heteroatoms. The number of anilines is 1. The monoisotopic (exact) mass is 300 g/mol. The smallest absolute Gasteiger partial charge is 0.0839 e. The third-order valence-electron chi connectivity index (χ3n) is 2.75. The topological polar surface area (TPSA) is 35.5 Å². The highest BCUT2D eigenvalue weighted by Gasteiger charge is 2.08. The van der Waals surface area contributed by atoms with Gasteiger partial charge in [-0.3, -0.25) is 0 Å². The van der Waals surface area contributed by atoms with Gasteiger partial charge in [0.25, 0.3) is 0 Å². The van der Waals surface area contributed by atoms with E-state index < -0.39 is 0 Å². The lowest BCUT2D eigenvalue weighted by Gasteiger charge is -2.22. The number of likely N-dealkylation sites (N-methyl/N-ethyl adjacent to an activating group) is 1. The van der Waals surface area contributed by atoms with E-state index in [2.05, 4.69) is 40.0 Å². The second-order valence-electron chi connectivity index (χ2n) is 4.03. The molecule has 0 amide bonds. The summed E-state index contributed by atoms with van der Waals surface area (Å²) in [6.07, 6.45) is -0.335. The molecule has 0 aromatic heterocycles. The molecule has 1 aromatic carbocycles. The molecule has 0 aliphatic carbocycles. The van der Waals surface area contributed by atoms with E-state index in [1.54, 1.807) is 0 Å². The first kappa shape index (κ1) is 14.5. The average Bonchev–Trinajstić information content (AvgIpc) is 2.35. The van der Waals surface area contributed by atoms with Crippen LogP contribution in [0.3, 0.4) is 0 Å². The van der Waals surface area contributed by atoms with E-state index in [4.69, 9.17) is 0 Å². The van der Waals surface area contributed by atoms with Crippen LogP contribution in [0.25, 0.3) is 0 Å². The fraction of sp³-hybridized carbons (Fsp3) is 0.538. The van der Waals surface area contributed by atoms with E-state index in [0.29, 0.717) is 6.54 Å². The van der Waals surface area contributed by atoms with Crippen LogP contribution in [0.15, 0.2) is 28.7 Å². The van der Waals surface area contributed by atoms with Gasteiger partial charge in [0.2, 0.25) is 0 Å². The molecule has 1 aromatic rings. The van der Waals surface area contributed by atoms with Gasteiger partial charge in [0.15, 0.2) is 0 Å². The molecule has 0 saturated heterocycles. The maximum absolute atomic E-state index is 9.88. The van der Waals surface area contributed by atoms with Crippen molar-refractivity contribution in [2.75, 3.05) is 31.5 Å². The molecule has 0 aliphatic heterocycles. The van der Waals surface area contributed by atoms with Gasteiger partial charge in [-0.1, -0.05) is 29.8 Å². The molecule has 0 spiro atoms. The highest BCUT2D eigenvalue weighted by molar-refractivity contribution is 9.10. The summed E-state index contributed by atoms with van der Waals surface area (Å²) in [6, 6.07) is 7.96. The normalized spacial score (nSPS) is 12.8. The third-order valence-corrected chi connectivity index (χ3v) is 3.28. The highest BCUT2D eigenvalue weighted by atomic mass is 79.9. The Labute approximate surface area is 112 Å². The van der Waals surface area contributed by atoms with E-state index in [9.17, 15) is 5.11 Å². The molecule has 0 radical (unpaired) electrons. The minimum atomic E-state index is -0.335. The molecule has 96 valence electrons. The molecule has 1 unspecified atom stereocenters. The van der Waals surface area contributed by atoms with E-state index in [-0.39, 0.29) is 6.10 Å². The van der Waals surface area contributed by atoms with Crippen LogP contribution in [0.4, 0.5) is 5.69 Å². The van der Waals surface area contributed by atoms with Crippen LogP contribution in [0, 0.1) is 0 Å². The maximum Gasteiger partial charge on any atom is 0.0839 e. The molecule has 0 bridgehead atoms. The van der Waals surface area contributed by atoms with Gasteiger partial charge in [0.05, 0.1) is 6.10 Å². The Morgan fingerprint density at radius 1 is 1.24 bits per heavy atom. The number of aliphatic hydroxyl groups is 1. The molecule has 0 saturated carbocycles. The van der Waals surface area contributed by atoms with Crippen molar-refractivity contribution in [1.82, 2.24) is 4.90 Å². The Hall–Kier alpha value is -0.580. The predicted molar refractivity (Wildman–Crippen MR) is 76.4 cm³/mol. The van der Waals surface area contributed by atoms with Crippen LogP contribution in [0.1, 0.15) is 13.8 Å². The first-order valence-electron chi connectivity index (χ1n) is 6.05. The number of hydrogen-bond donors (Lipinski definition) is 2. The van der Waals surface area contributed by atoms with Crippen LogP contribution >= 0.6 is 15.9 Å². The zero-order valence-electron chi connectivity index (χ0n) is 10.5.